The maximum Gasteiger partial charge on any atom is 0.294 e. The highest BCUT2D eigenvalue weighted by molar-refractivity contribution is 5.80. The molecule has 0 unspecified atom stereocenters. The van der Waals surface area contributed by atoms with E-state index in [1.54, 1.807) is 0 Å². The van der Waals surface area contributed by atoms with E-state index in [0.717, 1.165) is 48.8 Å². The van der Waals surface area contributed by atoms with Gasteiger partial charge in [0.05, 0.1) is 23.5 Å². The highest BCUT2D eigenvalue weighted by Crippen LogP contribution is 2.24. The number of hydrogen-bond donors (Lipinski definition) is 1. The maximum atomic E-state index is 13.7. The first-order valence-corrected chi connectivity index (χ1v) is 13.3. The first-order valence-electron chi connectivity index (χ1n) is 13.3. The minimum Gasteiger partial charge on any atom is -0.353 e. The van der Waals surface area contributed by atoms with Crippen molar-refractivity contribution in [3.05, 3.63) is 70.5 Å². The first kappa shape index (κ1) is 23.6. The number of anilines is 1. The van der Waals surface area contributed by atoms with E-state index in [-0.39, 0.29) is 17.4 Å². The van der Waals surface area contributed by atoms with E-state index in [0.29, 0.717) is 24.9 Å². The second kappa shape index (κ2) is 11.1. The van der Waals surface area contributed by atoms with Gasteiger partial charge in [-0.1, -0.05) is 74.6 Å². The first-order chi connectivity index (χ1) is 17.2. The summed E-state index contributed by atoms with van der Waals surface area (Å²) in [7, 11) is 0. The Morgan fingerprint density at radius 1 is 0.886 bits per heavy atom. The number of nitrogens with one attached hydrogen (secondary N) is 1. The number of aromatic nitrogens is 2. The molecule has 1 aromatic heterocycles. The van der Waals surface area contributed by atoms with E-state index in [1.807, 2.05) is 64.1 Å². The van der Waals surface area contributed by atoms with Gasteiger partial charge in [-0.15, -0.1) is 0 Å². The van der Waals surface area contributed by atoms with E-state index in [1.165, 1.54) is 32.1 Å². The largest absolute Gasteiger partial charge is 0.353 e. The smallest absolute Gasteiger partial charge is 0.294 e. The van der Waals surface area contributed by atoms with Gasteiger partial charge in [0, 0.05) is 19.1 Å². The zero-order chi connectivity index (χ0) is 24.0. The van der Waals surface area contributed by atoms with Crippen LogP contribution in [-0.2, 0) is 11.3 Å². The lowest BCUT2D eigenvalue weighted by Crippen LogP contribution is -2.47. The number of amides is 1. The summed E-state index contributed by atoms with van der Waals surface area (Å²) in [4.78, 5) is 33.8. The molecule has 6 nitrogen and oxygen atoms in total. The Balaban J connectivity index is 1.38. The molecular formula is C29H36N4O2. The van der Waals surface area contributed by atoms with Crippen molar-refractivity contribution in [1.82, 2.24) is 14.9 Å². The molecule has 3 aromatic rings. The maximum absolute atomic E-state index is 13.7. The molecule has 1 aliphatic carbocycles. The molecule has 0 radical (unpaired) electrons. The Kier molecular flexibility index (Phi) is 7.45. The fraction of sp³-hybridized carbons (Fsp3) is 0.483. The molecule has 1 saturated carbocycles. The van der Waals surface area contributed by atoms with Crippen LogP contribution in [0, 0.1) is 5.92 Å². The summed E-state index contributed by atoms with van der Waals surface area (Å²) >= 11 is 0. The molecule has 1 atom stereocenters. The van der Waals surface area contributed by atoms with Crippen LogP contribution in [0.15, 0.2) is 59.4 Å². The molecule has 1 N–H and O–H groups in total. The van der Waals surface area contributed by atoms with E-state index in [9.17, 15) is 9.59 Å². The molecule has 35 heavy (non-hydrogen) atoms. The Morgan fingerprint density at radius 2 is 1.60 bits per heavy atom. The fourth-order valence-electron chi connectivity index (χ4n) is 5.61. The van der Waals surface area contributed by atoms with Gasteiger partial charge in [0.25, 0.3) is 5.56 Å². The highest BCUT2D eigenvalue weighted by Gasteiger charge is 2.30. The average molecular weight is 473 g/mol. The zero-order valence-corrected chi connectivity index (χ0v) is 20.5. The summed E-state index contributed by atoms with van der Waals surface area (Å²) in [5, 5.41) is 3.35. The Bertz CT molecular complexity index is 1200. The number of para-hydroxylation sites is 2. The molecule has 2 aliphatic rings. The number of fused-ring (bicyclic) bond motifs is 1. The summed E-state index contributed by atoms with van der Waals surface area (Å²) < 4.78 is 1.82. The summed E-state index contributed by atoms with van der Waals surface area (Å²) in [5.41, 5.74) is 2.63. The van der Waals surface area contributed by atoms with Crippen LogP contribution in [-0.4, -0.2) is 34.6 Å². The van der Waals surface area contributed by atoms with Gasteiger partial charge in [0.1, 0.15) is 0 Å². The zero-order valence-electron chi connectivity index (χ0n) is 20.5. The van der Waals surface area contributed by atoms with Crippen LogP contribution >= 0.6 is 0 Å². The normalized spacial score (nSPS) is 19.8. The molecular weight excluding hydrogens is 436 g/mol. The molecule has 2 fully saturated rings. The Hall–Kier alpha value is -3.15. The lowest BCUT2D eigenvalue weighted by atomic mass is 9.94. The second-order valence-corrected chi connectivity index (χ2v) is 10.1. The number of rotatable bonds is 5. The van der Waals surface area contributed by atoms with E-state index < -0.39 is 0 Å². The lowest BCUT2D eigenvalue weighted by molar-refractivity contribution is -0.126. The molecule has 2 aromatic carbocycles. The summed E-state index contributed by atoms with van der Waals surface area (Å²) in [5.74, 6) is 0.498. The van der Waals surface area contributed by atoms with Gasteiger partial charge in [-0.05, 0) is 43.4 Å². The quantitative estimate of drug-likeness (QED) is 0.574. The number of carbonyl (C=O) groups is 1. The molecule has 0 bridgehead atoms. The van der Waals surface area contributed by atoms with Crippen molar-refractivity contribution in [2.45, 2.75) is 70.4 Å². The third kappa shape index (κ3) is 5.58. The minimum atomic E-state index is -0.107. The van der Waals surface area contributed by atoms with Gasteiger partial charge in [0.15, 0.2) is 5.82 Å². The van der Waals surface area contributed by atoms with Crippen LogP contribution < -0.4 is 15.8 Å². The van der Waals surface area contributed by atoms with Crippen LogP contribution in [0.25, 0.3) is 11.0 Å². The van der Waals surface area contributed by atoms with Crippen molar-refractivity contribution in [2.24, 2.45) is 5.92 Å². The monoisotopic (exact) mass is 472 g/mol. The van der Waals surface area contributed by atoms with Crippen molar-refractivity contribution in [3.8, 4) is 0 Å². The highest BCUT2D eigenvalue weighted by atomic mass is 16.2. The lowest BCUT2D eigenvalue weighted by Gasteiger charge is -2.34. The van der Waals surface area contributed by atoms with Gasteiger partial charge in [-0.2, -0.15) is 0 Å². The average Bonchev–Trinajstić information content (AvgIpc) is 2.88. The molecule has 1 amide bonds. The summed E-state index contributed by atoms with van der Waals surface area (Å²) in [6.07, 6.45) is 10.2. The van der Waals surface area contributed by atoms with Crippen molar-refractivity contribution < 1.29 is 4.79 Å². The number of benzene rings is 2. The third-order valence-corrected chi connectivity index (χ3v) is 7.56. The van der Waals surface area contributed by atoms with Crippen molar-refractivity contribution >= 4 is 22.8 Å². The van der Waals surface area contributed by atoms with Gasteiger partial charge in [-0.3, -0.25) is 14.2 Å². The number of carbonyl (C=O) groups excluding carboxylic acids is 1. The van der Waals surface area contributed by atoms with Gasteiger partial charge in [0.2, 0.25) is 5.91 Å². The molecule has 1 aliphatic heterocycles. The molecule has 6 heteroatoms. The van der Waals surface area contributed by atoms with Crippen LogP contribution in [0.5, 0.6) is 0 Å². The van der Waals surface area contributed by atoms with Crippen molar-refractivity contribution in [2.75, 3.05) is 18.0 Å². The van der Waals surface area contributed by atoms with E-state index in [4.69, 9.17) is 4.98 Å². The van der Waals surface area contributed by atoms with E-state index >= 15 is 0 Å². The molecule has 184 valence electrons. The molecule has 2 heterocycles. The topological polar surface area (TPSA) is 67.2 Å². The van der Waals surface area contributed by atoms with Crippen LogP contribution in [0.3, 0.4) is 0 Å². The van der Waals surface area contributed by atoms with Crippen LogP contribution in [0.4, 0.5) is 5.82 Å². The van der Waals surface area contributed by atoms with Crippen LogP contribution in [0.2, 0.25) is 0 Å². The molecule has 5 rings (SSSR count). The van der Waals surface area contributed by atoms with Crippen molar-refractivity contribution in [1.29, 1.82) is 0 Å². The van der Waals surface area contributed by atoms with Crippen LogP contribution in [0.1, 0.15) is 63.4 Å². The molecule has 1 saturated heterocycles. The summed E-state index contributed by atoms with van der Waals surface area (Å²) in [6.45, 7) is 1.79. The summed E-state index contributed by atoms with van der Waals surface area (Å²) in [6, 6.07) is 18.2. The van der Waals surface area contributed by atoms with Crippen molar-refractivity contribution in [3.63, 3.8) is 0 Å². The Labute approximate surface area is 207 Å². The van der Waals surface area contributed by atoms with E-state index in [2.05, 4.69) is 5.32 Å². The standard InChI is InChI=1S/C29H36N4O2/c34-28(30-24-15-7-2-1-3-8-16-24)23-14-11-19-32(21-23)27-29(35)33(20-22-12-5-4-6-13-22)26-18-10-9-17-25(26)31-27/h4-6,9-10,12-13,17-18,23-24H,1-3,7-8,11,14-16,19-21H2,(H,30,34)/t23-/m1/s1. The Morgan fingerprint density at radius 3 is 2.40 bits per heavy atom. The van der Waals surface area contributed by atoms with Gasteiger partial charge >= 0.3 is 0 Å². The number of piperidine rings is 1. The predicted octanol–water partition coefficient (Wildman–Crippen LogP) is 4.89. The molecule has 0 spiro atoms. The van der Waals surface area contributed by atoms with Gasteiger partial charge in [-0.25, -0.2) is 4.98 Å². The number of hydrogen-bond acceptors (Lipinski definition) is 4. The second-order valence-electron chi connectivity index (χ2n) is 10.1. The SMILES string of the molecule is O=C(NC1CCCCCCC1)[C@@H]1CCCN(c2nc3ccccc3n(Cc3ccccc3)c2=O)C1. The fourth-order valence-corrected chi connectivity index (χ4v) is 5.61. The third-order valence-electron chi connectivity index (χ3n) is 7.56. The van der Waals surface area contributed by atoms with Gasteiger partial charge < -0.3 is 10.2 Å². The number of nitrogens with zero attached hydrogens (tertiary/aromatic N) is 3. The predicted molar refractivity (Wildman–Crippen MR) is 141 cm³/mol. The minimum absolute atomic E-state index is 0.0892.